The van der Waals surface area contributed by atoms with Gasteiger partial charge in [0.25, 0.3) is 0 Å². The van der Waals surface area contributed by atoms with E-state index in [9.17, 15) is 0 Å². The van der Waals surface area contributed by atoms with E-state index < -0.39 is 0 Å². The maximum atomic E-state index is 7.63. The summed E-state index contributed by atoms with van der Waals surface area (Å²) in [6.07, 6.45) is 4.66. The van der Waals surface area contributed by atoms with Gasteiger partial charge in [0.05, 0.1) is 5.69 Å². The van der Waals surface area contributed by atoms with Gasteiger partial charge in [0.2, 0.25) is 0 Å². The number of para-hydroxylation sites is 1. The van der Waals surface area contributed by atoms with Gasteiger partial charge < -0.3 is 18.5 Å². The van der Waals surface area contributed by atoms with Crippen molar-refractivity contribution in [1.29, 1.82) is 0 Å². The van der Waals surface area contributed by atoms with E-state index in [-0.39, 0.29) is 44.8 Å². The van der Waals surface area contributed by atoms with E-state index >= 15 is 0 Å². The fraction of sp³-hybridized carbons (Fsp3) is 0.380. The first-order valence-electron chi connectivity index (χ1n) is 28.4. The molecule has 5 heteroatoms. The molecule has 14 rings (SSSR count). The highest BCUT2D eigenvalue weighted by molar-refractivity contribution is 6.93. The van der Waals surface area contributed by atoms with Gasteiger partial charge in [-0.15, -0.1) is 0 Å². The number of rotatable bonds is 2. The zero-order valence-corrected chi connectivity index (χ0v) is 48.1. The smallest absolute Gasteiger partial charge is 0.376 e. The molecule has 0 saturated heterocycles. The van der Waals surface area contributed by atoms with E-state index in [0.717, 1.165) is 74.0 Å². The van der Waals surface area contributed by atoms with E-state index in [1.165, 1.54) is 90.9 Å². The third kappa shape index (κ3) is 6.50. The van der Waals surface area contributed by atoms with Gasteiger partial charge in [-0.25, -0.2) is 0 Å². The average molecular weight is 999 g/mol. The lowest BCUT2D eigenvalue weighted by molar-refractivity contribution is 0.331. The zero-order chi connectivity index (χ0) is 53.3. The van der Waals surface area contributed by atoms with Gasteiger partial charge in [-0.3, -0.25) is 0 Å². The summed E-state index contributed by atoms with van der Waals surface area (Å²) in [5.74, 6) is 0. The van der Waals surface area contributed by atoms with Crippen LogP contribution in [0.25, 0.3) is 55.2 Å². The monoisotopic (exact) mass is 999 g/mol. The van der Waals surface area contributed by atoms with E-state index in [4.69, 9.17) is 8.83 Å². The molecule has 0 amide bonds. The first kappa shape index (κ1) is 48.0. The molecule has 5 aliphatic rings. The van der Waals surface area contributed by atoms with Crippen LogP contribution in [0.5, 0.6) is 0 Å². The highest BCUT2D eigenvalue weighted by Crippen LogP contribution is 2.60. The molecule has 0 radical (unpaired) electrons. The molecule has 0 N–H and O–H groups in total. The maximum absolute atomic E-state index is 7.63. The lowest BCUT2D eigenvalue weighted by Gasteiger charge is -2.45. The summed E-state index contributed by atoms with van der Waals surface area (Å²) in [5, 5.41) is 3.40. The van der Waals surface area contributed by atoms with Crippen LogP contribution in [-0.4, -0.2) is 6.85 Å². The molecule has 76 heavy (non-hydrogen) atoms. The Kier molecular flexibility index (Phi) is 9.44. The van der Waals surface area contributed by atoms with Crippen LogP contribution in [0, 0.1) is 0 Å². The Labute approximate surface area is 452 Å². The third-order valence-corrected chi connectivity index (χ3v) is 19.9. The van der Waals surface area contributed by atoms with Crippen LogP contribution in [-0.2, 0) is 37.9 Å². The second-order valence-electron chi connectivity index (χ2n) is 29.1. The quantitative estimate of drug-likeness (QED) is 0.162. The molecule has 4 nitrogen and oxygen atoms in total. The van der Waals surface area contributed by atoms with E-state index in [2.05, 4.69) is 236 Å². The van der Waals surface area contributed by atoms with E-state index in [1.807, 2.05) is 0 Å². The van der Waals surface area contributed by atoms with Gasteiger partial charge >= 0.3 is 6.85 Å². The first-order valence-corrected chi connectivity index (χ1v) is 28.4. The Bertz CT molecular complexity index is 4010. The minimum atomic E-state index is -0.334. The fourth-order valence-electron chi connectivity index (χ4n) is 14.8. The molecule has 4 heterocycles. The van der Waals surface area contributed by atoms with Gasteiger partial charge in [0.15, 0.2) is 0 Å². The molecule has 2 aliphatic heterocycles. The van der Waals surface area contributed by atoms with Gasteiger partial charge in [-0.2, -0.15) is 0 Å². The molecule has 0 bridgehead atoms. The molecule has 0 atom stereocenters. The third-order valence-electron chi connectivity index (χ3n) is 19.9. The zero-order valence-electron chi connectivity index (χ0n) is 48.1. The van der Waals surface area contributed by atoms with Crippen LogP contribution >= 0.6 is 0 Å². The highest BCUT2D eigenvalue weighted by atomic mass is 16.3. The number of hydrogen-bond acceptors (Lipinski definition) is 4. The van der Waals surface area contributed by atoms with E-state index in [1.54, 1.807) is 0 Å². The second-order valence-corrected chi connectivity index (χ2v) is 29.1. The Morgan fingerprint density at radius 2 is 1.01 bits per heavy atom. The van der Waals surface area contributed by atoms with Crippen molar-refractivity contribution < 1.29 is 8.83 Å². The van der Waals surface area contributed by atoms with Crippen molar-refractivity contribution in [1.82, 2.24) is 0 Å². The molecule has 384 valence electrons. The molecule has 0 saturated carbocycles. The van der Waals surface area contributed by atoms with Crippen molar-refractivity contribution in [2.45, 2.75) is 174 Å². The summed E-state index contributed by atoms with van der Waals surface area (Å²) in [5.41, 5.74) is 26.9. The van der Waals surface area contributed by atoms with Crippen LogP contribution in [0.4, 0.5) is 28.4 Å². The van der Waals surface area contributed by atoms with Gasteiger partial charge in [0.1, 0.15) is 22.4 Å². The predicted molar refractivity (Wildman–Crippen MR) is 323 cm³/mol. The number of fused-ring (bicyclic) bond motifs is 15. The first-order chi connectivity index (χ1) is 35.7. The molecular weight excluding hydrogens is 924 g/mol. The van der Waals surface area contributed by atoms with E-state index in [0.29, 0.717) is 0 Å². The summed E-state index contributed by atoms with van der Waals surface area (Å²) < 4.78 is 15.0. The number of furan rings is 2. The van der Waals surface area contributed by atoms with Crippen molar-refractivity contribution in [2.24, 2.45) is 0 Å². The summed E-state index contributed by atoms with van der Waals surface area (Å²) in [6, 6.07) is 45.4. The van der Waals surface area contributed by atoms with Crippen molar-refractivity contribution in [3.8, 4) is 22.3 Å². The molecule has 3 aliphatic carbocycles. The normalized spacial score (nSPS) is 19.0. The van der Waals surface area contributed by atoms with Crippen molar-refractivity contribution in [2.75, 3.05) is 9.71 Å². The topological polar surface area (TPSA) is 32.8 Å². The summed E-state index contributed by atoms with van der Waals surface area (Å²) >= 11 is 0. The number of nitrogens with zero attached hydrogens (tertiary/aromatic N) is 2. The minimum Gasteiger partial charge on any atom is -0.466 e. The second kappa shape index (κ2) is 15.0. The average Bonchev–Trinajstić information content (AvgIpc) is 4.14. The fourth-order valence-corrected chi connectivity index (χ4v) is 14.8. The van der Waals surface area contributed by atoms with Crippen molar-refractivity contribution >= 4 is 79.3 Å². The summed E-state index contributed by atoms with van der Waals surface area (Å²) in [6.45, 7) is 38.1. The van der Waals surface area contributed by atoms with Crippen LogP contribution in [0.3, 0.4) is 0 Å². The standard InChI is InChI=1S/C71H75BN2O2/c1-65(2,3)40-21-24-42(25-22-40)74-56-39-52-45(46-36-54-55(38-51(46)71(52,15)16)70(13,14)32-31-69(54,11)12)35-48(56)60-61-57(37-47-44-19-17-18-20-58(44)75-63(47)60)73(43-26-27-50-53(34-43)68(9,10)30-29-67(50,7)8)62-49-33-41(66(4,5)6)23-28-59(49)76-64(62)72(61)74/h17-28,33-39H,29-32H2,1-16H3. The van der Waals surface area contributed by atoms with Gasteiger partial charge in [-0.1, -0.05) is 159 Å². The molecule has 2 aromatic heterocycles. The van der Waals surface area contributed by atoms with Gasteiger partial charge in [-0.05, 0) is 186 Å². The highest BCUT2D eigenvalue weighted by Gasteiger charge is 2.52. The largest absolute Gasteiger partial charge is 0.466 e. The molecular formula is C71H75BN2O2. The number of hydrogen-bond donors (Lipinski definition) is 0. The molecule has 0 unspecified atom stereocenters. The van der Waals surface area contributed by atoms with Crippen LogP contribution in [0.2, 0.25) is 0 Å². The SMILES string of the molecule is CC(C)(C)c1ccc(N2B3c4oc5ccc(C(C)(C)C)cc5c4N(c4ccc5c(c4)C(C)(C)CCC5(C)C)c4cc5c(oc6ccccc65)c(c43)-c3cc4c(cc32)C(C)(C)c2cc3c(cc2-4)C(C)(C)CCC3(C)C)cc1. The number of benzene rings is 7. The van der Waals surface area contributed by atoms with Crippen LogP contribution < -0.4 is 20.8 Å². The van der Waals surface area contributed by atoms with Crippen molar-refractivity contribution in [3.05, 3.63) is 160 Å². The summed E-state index contributed by atoms with van der Waals surface area (Å²) in [7, 11) is 0. The Morgan fingerprint density at radius 1 is 0.447 bits per heavy atom. The van der Waals surface area contributed by atoms with Gasteiger partial charge in [0, 0.05) is 55.5 Å². The Morgan fingerprint density at radius 3 is 1.68 bits per heavy atom. The Balaban J connectivity index is 1.15. The molecule has 9 aromatic rings. The Hall–Kier alpha value is -6.46. The molecule has 0 spiro atoms. The maximum Gasteiger partial charge on any atom is 0.376 e. The van der Waals surface area contributed by atoms with Crippen LogP contribution in [0.15, 0.2) is 124 Å². The number of anilines is 5. The lowest BCUT2D eigenvalue weighted by Crippen LogP contribution is -2.61. The predicted octanol–water partition coefficient (Wildman–Crippen LogP) is 18.6. The molecule has 7 aromatic carbocycles. The lowest BCUT2D eigenvalue weighted by atomic mass is 9.45. The van der Waals surface area contributed by atoms with Crippen molar-refractivity contribution in [3.63, 3.8) is 0 Å². The molecule has 0 fully saturated rings. The minimum absolute atomic E-state index is 0.00758. The van der Waals surface area contributed by atoms with Crippen LogP contribution in [0.1, 0.15) is 181 Å². The summed E-state index contributed by atoms with van der Waals surface area (Å²) in [4.78, 5) is 5.26.